The number of nitrogens with two attached hydrogens (primary N) is 1. The number of carbonyl (C=O) groups excluding carboxylic acids is 1. The van der Waals surface area contributed by atoms with Crippen molar-refractivity contribution < 1.29 is 4.79 Å². The summed E-state index contributed by atoms with van der Waals surface area (Å²) in [6.45, 7) is 2.24. The highest BCUT2D eigenvalue weighted by Gasteiger charge is 2.21. The van der Waals surface area contributed by atoms with Crippen molar-refractivity contribution in [3.63, 3.8) is 0 Å². The van der Waals surface area contributed by atoms with E-state index in [1.54, 1.807) is 0 Å². The molecule has 0 spiro atoms. The monoisotopic (exact) mass is 289 g/mol. The Balaban J connectivity index is 1.79. The molecule has 2 aromatic rings. The third-order valence-corrected chi connectivity index (χ3v) is 4.38. The van der Waals surface area contributed by atoms with Crippen LogP contribution in [-0.2, 0) is 12.8 Å². The zero-order chi connectivity index (χ0) is 14.1. The molecule has 0 aliphatic heterocycles. The number of hydrogen-bond acceptors (Lipinski definition) is 6. The number of nitrogens with one attached hydrogen (secondary N) is 1. The highest BCUT2D eigenvalue weighted by Crippen LogP contribution is 2.32. The molecule has 0 aromatic carbocycles. The van der Waals surface area contributed by atoms with Crippen molar-refractivity contribution in [3.8, 4) is 0 Å². The molecule has 104 valence electrons. The van der Waals surface area contributed by atoms with Gasteiger partial charge >= 0.3 is 0 Å². The van der Waals surface area contributed by atoms with Crippen LogP contribution in [0, 0.1) is 5.92 Å². The highest BCUT2D eigenvalue weighted by molar-refractivity contribution is 7.15. The molecule has 2 aromatic heterocycles. The second kappa shape index (κ2) is 5.16. The molecule has 0 fully saturated rings. The highest BCUT2D eigenvalue weighted by atomic mass is 32.1. The van der Waals surface area contributed by atoms with Crippen molar-refractivity contribution in [3.05, 3.63) is 28.7 Å². The number of rotatable bonds is 2. The maximum Gasteiger partial charge on any atom is 0.279 e. The van der Waals surface area contributed by atoms with Gasteiger partial charge in [0.15, 0.2) is 16.6 Å². The molecule has 0 radical (unpaired) electrons. The van der Waals surface area contributed by atoms with Gasteiger partial charge in [-0.25, -0.2) is 15.0 Å². The van der Waals surface area contributed by atoms with Crippen molar-refractivity contribution >= 4 is 28.2 Å². The molecule has 3 N–H and O–H groups in total. The number of amides is 1. The van der Waals surface area contributed by atoms with Crippen LogP contribution < -0.4 is 11.1 Å². The van der Waals surface area contributed by atoms with Crippen LogP contribution in [0.4, 0.5) is 10.9 Å². The predicted octanol–water partition coefficient (Wildman–Crippen LogP) is 1.89. The Morgan fingerprint density at radius 1 is 1.45 bits per heavy atom. The largest absolute Gasteiger partial charge is 0.382 e. The Morgan fingerprint density at radius 3 is 3.05 bits per heavy atom. The maximum absolute atomic E-state index is 12.1. The Hall–Kier alpha value is -2.02. The third kappa shape index (κ3) is 2.49. The third-order valence-electron chi connectivity index (χ3n) is 3.35. The number of anilines is 2. The lowest BCUT2D eigenvalue weighted by molar-refractivity contribution is 0.102. The van der Waals surface area contributed by atoms with Crippen molar-refractivity contribution in [2.75, 3.05) is 11.1 Å². The summed E-state index contributed by atoms with van der Waals surface area (Å²) in [5, 5.41) is 3.37. The smallest absolute Gasteiger partial charge is 0.279 e. The van der Waals surface area contributed by atoms with Crippen molar-refractivity contribution in [2.24, 2.45) is 5.92 Å². The quantitative estimate of drug-likeness (QED) is 0.880. The lowest BCUT2D eigenvalue weighted by Gasteiger charge is -2.15. The van der Waals surface area contributed by atoms with E-state index in [9.17, 15) is 4.79 Å². The molecule has 1 aliphatic carbocycles. The van der Waals surface area contributed by atoms with Gasteiger partial charge in [-0.1, -0.05) is 6.92 Å². The number of thiazole rings is 1. The van der Waals surface area contributed by atoms with Crippen LogP contribution in [0.5, 0.6) is 0 Å². The molecule has 7 heteroatoms. The van der Waals surface area contributed by atoms with Gasteiger partial charge in [0.1, 0.15) is 0 Å². The summed E-state index contributed by atoms with van der Waals surface area (Å²) >= 11 is 1.54. The summed E-state index contributed by atoms with van der Waals surface area (Å²) in [6.07, 6.45) is 6.07. The minimum atomic E-state index is -0.366. The number of fused-ring (bicyclic) bond motifs is 1. The van der Waals surface area contributed by atoms with Crippen molar-refractivity contribution in [2.45, 2.75) is 26.2 Å². The van der Waals surface area contributed by atoms with Crippen LogP contribution in [0.1, 0.15) is 34.4 Å². The van der Waals surface area contributed by atoms with E-state index in [-0.39, 0.29) is 17.4 Å². The van der Waals surface area contributed by atoms with Crippen LogP contribution in [-0.4, -0.2) is 20.9 Å². The van der Waals surface area contributed by atoms with Crippen LogP contribution in [0.2, 0.25) is 0 Å². The first kappa shape index (κ1) is 13.0. The van der Waals surface area contributed by atoms with Gasteiger partial charge in [-0.3, -0.25) is 10.1 Å². The van der Waals surface area contributed by atoms with Gasteiger partial charge in [0.25, 0.3) is 5.91 Å². The van der Waals surface area contributed by atoms with Crippen LogP contribution >= 0.6 is 11.3 Å². The number of carbonyl (C=O) groups is 1. The van der Waals surface area contributed by atoms with Gasteiger partial charge in [0.2, 0.25) is 0 Å². The molecule has 1 amide bonds. The fourth-order valence-electron chi connectivity index (χ4n) is 2.27. The van der Waals surface area contributed by atoms with E-state index >= 15 is 0 Å². The van der Waals surface area contributed by atoms with Gasteiger partial charge in [-0.15, -0.1) is 11.3 Å². The molecular formula is C13H15N5OS. The molecule has 1 atom stereocenters. The molecular weight excluding hydrogens is 274 g/mol. The van der Waals surface area contributed by atoms with E-state index in [0.717, 1.165) is 25.0 Å². The van der Waals surface area contributed by atoms with E-state index in [2.05, 4.69) is 27.2 Å². The van der Waals surface area contributed by atoms with Crippen LogP contribution in [0.25, 0.3) is 0 Å². The molecule has 6 nitrogen and oxygen atoms in total. The zero-order valence-corrected chi connectivity index (χ0v) is 11.9. The Bertz CT molecular complexity index is 654. The molecule has 1 aliphatic rings. The first-order valence-corrected chi connectivity index (χ1v) is 7.31. The minimum Gasteiger partial charge on any atom is -0.382 e. The van der Waals surface area contributed by atoms with E-state index in [4.69, 9.17) is 5.73 Å². The van der Waals surface area contributed by atoms with E-state index in [1.165, 1.54) is 28.6 Å². The van der Waals surface area contributed by atoms with E-state index < -0.39 is 0 Å². The summed E-state index contributed by atoms with van der Waals surface area (Å²) in [5.41, 5.74) is 6.88. The minimum absolute atomic E-state index is 0.125. The Labute approximate surface area is 120 Å². The molecule has 0 saturated carbocycles. The normalized spacial score (nSPS) is 17.6. The zero-order valence-electron chi connectivity index (χ0n) is 11.1. The van der Waals surface area contributed by atoms with Gasteiger partial charge in [-0.2, -0.15) is 0 Å². The first-order valence-electron chi connectivity index (χ1n) is 6.50. The van der Waals surface area contributed by atoms with Gasteiger partial charge < -0.3 is 5.73 Å². The summed E-state index contributed by atoms with van der Waals surface area (Å²) in [7, 11) is 0. The lowest BCUT2D eigenvalue weighted by atomic mass is 9.93. The van der Waals surface area contributed by atoms with Gasteiger partial charge in [0, 0.05) is 17.3 Å². The average molecular weight is 289 g/mol. The second-order valence-electron chi connectivity index (χ2n) is 4.98. The predicted molar refractivity (Wildman–Crippen MR) is 77.7 cm³/mol. The second-order valence-corrected chi connectivity index (χ2v) is 6.06. The summed E-state index contributed by atoms with van der Waals surface area (Å²) in [6, 6.07) is 0. The standard InChI is InChI=1S/C13H15N5OS/c1-7-2-3-8-9(6-7)20-13(17-8)18-12(19)10-11(14)16-5-4-15-10/h4-5,7H,2-3,6H2,1H3,(H2,14,16)(H,17,18,19). The molecule has 2 heterocycles. The first-order chi connectivity index (χ1) is 9.63. The number of aromatic nitrogens is 3. The summed E-state index contributed by atoms with van der Waals surface area (Å²) in [5.74, 6) is 0.442. The van der Waals surface area contributed by atoms with E-state index in [1.807, 2.05) is 0 Å². The topological polar surface area (TPSA) is 93.8 Å². The Kier molecular flexibility index (Phi) is 3.35. The van der Waals surface area contributed by atoms with Gasteiger partial charge in [0.05, 0.1) is 5.69 Å². The number of aryl methyl sites for hydroxylation is 1. The summed E-state index contributed by atoms with van der Waals surface area (Å²) < 4.78 is 0. The molecule has 0 saturated heterocycles. The average Bonchev–Trinajstić information content (AvgIpc) is 2.80. The lowest BCUT2D eigenvalue weighted by Crippen LogP contribution is -2.16. The molecule has 3 rings (SSSR count). The fraction of sp³-hybridized carbons (Fsp3) is 0.385. The van der Waals surface area contributed by atoms with Crippen LogP contribution in [0.3, 0.4) is 0 Å². The molecule has 0 bridgehead atoms. The van der Waals surface area contributed by atoms with E-state index in [0.29, 0.717) is 11.0 Å². The Morgan fingerprint density at radius 2 is 2.25 bits per heavy atom. The van der Waals surface area contributed by atoms with Crippen LogP contribution in [0.15, 0.2) is 12.4 Å². The SMILES string of the molecule is CC1CCc2nc(NC(=O)c3nccnc3N)sc2C1. The van der Waals surface area contributed by atoms with Crippen molar-refractivity contribution in [1.29, 1.82) is 0 Å². The number of nitrogen functional groups attached to an aromatic ring is 1. The van der Waals surface area contributed by atoms with Gasteiger partial charge in [-0.05, 0) is 25.2 Å². The fourth-order valence-corrected chi connectivity index (χ4v) is 3.44. The molecule has 1 unspecified atom stereocenters. The molecule has 20 heavy (non-hydrogen) atoms. The van der Waals surface area contributed by atoms with Crippen molar-refractivity contribution in [1.82, 2.24) is 15.0 Å². The maximum atomic E-state index is 12.1. The number of nitrogens with zero attached hydrogens (tertiary/aromatic N) is 3. The summed E-state index contributed by atoms with van der Waals surface area (Å²) in [4.78, 5) is 25.6. The number of hydrogen-bond donors (Lipinski definition) is 2.